The zero-order valence-corrected chi connectivity index (χ0v) is 12.2. The summed E-state index contributed by atoms with van der Waals surface area (Å²) in [6.07, 6.45) is 0.264. The fourth-order valence-electron chi connectivity index (χ4n) is 1.91. The third kappa shape index (κ3) is 3.31. The van der Waals surface area contributed by atoms with Crippen LogP contribution < -0.4 is 5.48 Å². The van der Waals surface area contributed by atoms with Crippen molar-refractivity contribution in [3.63, 3.8) is 0 Å². The van der Waals surface area contributed by atoms with E-state index < -0.39 is 0 Å². The molecule has 1 aromatic carbocycles. The highest BCUT2D eigenvalue weighted by Crippen LogP contribution is 2.18. The Hall–Kier alpha value is -1.99. The fourth-order valence-corrected chi connectivity index (χ4v) is 2.13. The molecule has 0 saturated heterocycles. The molecule has 0 aliphatic carbocycles. The van der Waals surface area contributed by atoms with Crippen molar-refractivity contribution in [3.8, 4) is 11.4 Å². The van der Waals surface area contributed by atoms with E-state index in [1.165, 1.54) is 7.11 Å². The van der Waals surface area contributed by atoms with Crippen molar-refractivity contribution in [2.24, 2.45) is 0 Å². The lowest BCUT2D eigenvalue weighted by Gasteiger charge is -2.07. The van der Waals surface area contributed by atoms with Gasteiger partial charge in [-0.1, -0.05) is 23.8 Å². The van der Waals surface area contributed by atoms with Crippen LogP contribution in [-0.2, 0) is 16.2 Å². The highest BCUT2D eigenvalue weighted by molar-refractivity contribution is 7.71. The van der Waals surface area contributed by atoms with E-state index in [0.29, 0.717) is 11.3 Å². The predicted octanol–water partition coefficient (Wildman–Crippen LogP) is 1.98. The molecule has 0 spiro atoms. The van der Waals surface area contributed by atoms with Crippen molar-refractivity contribution < 1.29 is 9.63 Å². The van der Waals surface area contributed by atoms with Crippen molar-refractivity contribution in [2.75, 3.05) is 7.11 Å². The SMILES string of the molecule is CONC(=O)CCn1c(-c2cccc(C)c2)n[nH]c1=S. The molecule has 20 heavy (non-hydrogen) atoms. The molecule has 0 aliphatic rings. The molecule has 0 aliphatic heterocycles. The Kier molecular flexibility index (Phi) is 4.65. The van der Waals surface area contributed by atoms with E-state index in [0.717, 1.165) is 17.0 Å². The predicted molar refractivity (Wildman–Crippen MR) is 77.4 cm³/mol. The zero-order valence-electron chi connectivity index (χ0n) is 11.3. The van der Waals surface area contributed by atoms with Crippen LogP contribution in [0, 0.1) is 11.7 Å². The molecule has 106 valence electrons. The average molecular weight is 292 g/mol. The molecule has 6 nitrogen and oxygen atoms in total. The monoisotopic (exact) mass is 292 g/mol. The molecule has 0 fully saturated rings. The molecule has 0 radical (unpaired) electrons. The van der Waals surface area contributed by atoms with Gasteiger partial charge in [0.05, 0.1) is 7.11 Å². The molecule has 1 heterocycles. The summed E-state index contributed by atoms with van der Waals surface area (Å²) in [6, 6.07) is 7.96. The number of hydroxylamine groups is 1. The van der Waals surface area contributed by atoms with Gasteiger partial charge in [0.2, 0.25) is 5.91 Å². The minimum absolute atomic E-state index is 0.203. The van der Waals surface area contributed by atoms with E-state index >= 15 is 0 Å². The van der Waals surface area contributed by atoms with E-state index in [2.05, 4.69) is 20.5 Å². The number of hydrogen-bond donors (Lipinski definition) is 2. The van der Waals surface area contributed by atoms with Gasteiger partial charge < -0.3 is 0 Å². The smallest absolute Gasteiger partial charge is 0.245 e. The first-order valence-electron chi connectivity index (χ1n) is 6.16. The van der Waals surface area contributed by atoms with Crippen LogP contribution in [0.5, 0.6) is 0 Å². The van der Waals surface area contributed by atoms with Gasteiger partial charge in [0, 0.05) is 18.5 Å². The first-order valence-corrected chi connectivity index (χ1v) is 6.56. The van der Waals surface area contributed by atoms with Crippen molar-refractivity contribution in [1.29, 1.82) is 0 Å². The van der Waals surface area contributed by atoms with Crippen molar-refractivity contribution in [3.05, 3.63) is 34.6 Å². The summed E-state index contributed by atoms with van der Waals surface area (Å²) < 4.78 is 2.30. The molecule has 0 saturated carbocycles. The lowest BCUT2D eigenvalue weighted by molar-refractivity contribution is -0.131. The van der Waals surface area contributed by atoms with Gasteiger partial charge in [-0.05, 0) is 25.2 Å². The van der Waals surface area contributed by atoms with Crippen LogP contribution in [0.4, 0.5) is 0 Å². The van der Waals surface area contributed by atoms with Crippen LogP contribution in [0.1, 0.15) is 12.0 Å². The summed E-state index contributed by atoms with van der Waals surface area (Å²) >= 11 is 5.20. The number of carbonyl (C=O) groups is 1. The second kappa shape index (κ2) is 6.44. The third-order valence-corrected chi connectivity index (χ3v) is 3.12. The minimum atomic E-state index is -0.203. The summed E-state index contributed by atoms with van der Waals surface area (Å²) in [5, 5.41) is 7.00. The van der Waals surface area contributed by atoms with Gasteiger partial charge in [-0.3, -0.25) is 19.3 Å². The van der Waals surface area contributed by atoms with Crippen molar-refractivity contribution in [1.82, 2.24) is 20.2 Å². The summed E-state index contributed by atoms with van der Waals surface area (Å²) in [5.41, 5.74) is 4.38. The minimum Gasteiger partial charge on any atom is -0.300 e. The Morgan fingerprint density at radius 3 is 3.05 bits per heavy atom. The Bertz CT molecular complexity index is 662. The number of nitrogens with zero attached hydrogens (tertiary/aromatic N) is 2. The van der Waals surface area contributed by atoms with Gasteiger partial charge in [0.15, 0.2) is 10.6 Å². The molecule has 0 unspecified atom stereocenters. The van der Waals surface area contributed by atoms with Crippen LogP contribution in [0.3, 0.4) is 0 Å². The van der Waals surface area contributed by atoms with Crippen LogP contribution in [0.2, 0.25) is 0 Å². The summed E-state index contributed by atoms with van der Waals surface area (Å²) in [7, 11) is 1.40. The molecule has 2 aromatic rings. The van der Waals surface area contributed by atoms with Gasteiger partial charge in [0.25, 0.3) is 0 Å². The number of aromatic amines is 1. The largest absolute Gasteiger partial charge is 0.300 e. The standard InChI is InChI=1S/C13H16N4O2S/c1-9-4-3-5-10(8-9)12-14-15-13(20)17(12)7-6-11(18)16-19-2/h3-5,8H,6-7H2,1-2H3,(H,15,20)(H,16,18). The van der Waals surface area contributed by atoms with Crippen LogP contribution in [0.25, 0.3) is 11.4 Å². The summed E-state index contributed by atoms with van der Waals surface area (Å²) in [4.78, 5) is 16.0. The number of carbonyl (C=O) groups excluding carboxylic acids is 1. The fraction of sp³-hybridized carbons (Fsp3) is 0.308. The first-order chi connectivity index (χ1) is 9.61. The molecule has 0 bridgehead atoms. The van der Waals surface area contributed by atoms with Crippen molar-refractivity contribution in [2.45, 2.75) is 19.9 Å². The van der Waals surface area contributed by atoms with Gasteiger partial charge >= 0.3 is 0 Å². The van der Waals surface area contributed by atoms with Gasteiger partial charge in [-0.25, -0.2) is 5.48 Å². The van der Waals surface area contributed by atoms with E-state index in [-0.39, 0.29) is 12.3 Å². The number of H-pyrrole nitrogens is 1. The molecular formula is C13H16N4O2S. The molecule has 1 amide bonds. The Morgan fingerprint density at radius 2 is 2.35 bits per heavy atom. The lowest BCUT2D eigenvalue weighted by atomic mass is 10.1. The summed E-state index contributed by atoms with van der Waals surface area (Å²) in [6.45, 7) is 2.45. The molecular weight excluding hydrogens is 276 g/mol. The first kappa shape index (κ1) is 14.4. The quantitative estimate of drug-likeness (QED) is 0.653. The highest BCUT2D eigenvalue weighted by atomic mass is 32.1. The van der Waals surface area contributed by atoms with E-state index in [1.807, 2.05) is 31.2 Å². The van der Waals surface area contributed by atoms with Crippen LogP contribution in [0.15, 0.2) is 24.3 Å². The van der Waals surface area contributed by atoms with E-state index in [9.17, 15) is 4.79 Å². The number of aryl methyl sites for hydroxylation is 1. The van der Waals surface area contributed by atoms with Crippen LogP contribution in [-0.4, -0.2) is 27.8 Å². The number of rotatable bonds is 5. The molecule has 0 atom stereocenters. The zero-order chi connectivity index (χ0) is 14.5. The number of aromatic nitrogens is 3. The van der Waals surface area contributed by atoms with E-state index in [4.69, 9.17) is 12.2 Å². The highest BCUT2D eigenvalue weighted by Gasteiger charge is 2.10. The normalized spacial score (nSPS) is 10.5. The maximum atomic E-state index is 11.4. The molecule has 2 N–H and O–H groups in total. The molecule has 7 heteroatoms. The Morgan fingerprint density at radius 1 is 1.55 bits per heavy atom. The second-order valence-electron chi connectivity index (χ2n) is 4.35. The average Bonchev–Trinajstić information content (AvgIpc) is 2.78. The van der Waals surface area contributed by atoms with E-state index in [1.54, 1.807) is 4.57 Å². The second-order valence-corrected chi connectivity index (χ2v) is 4.74. The summed E-state index contributed by atoms with van der Waals surface area (Å²) in [5.74, 6) is 0.523. The lowest BCUT2D eigenvalue weighted by Crippen LogP contribution is -2.23. The third-order valence-electron chi connectivity index (χ3n) is 2.81. The van der Waals surface area contributed by atoms with Crippen molar-refractivity contribution >= 4 is 18.1 Å². The number of hydrogen-bond acceptors (Lipinski definition) is 4. The molecule has 2 rings (SSSR count). The maximum absolute atomic E-state index is 11.4. The van der Waals surface area contributed by atoms with Gasteiger partial charge in [-0.15, -0.1) is 0 Å². The molecule has 1 aromatic heterocycles. The number of amides is 1. The number of benzene rings is 1. The van der Waals surface area contributed by atoms with Gasteiger partial charge in [-0.2, -0.15) is 5.10 Å². The Labute approximate surface area is 121 Å². The van der Waals surface area contributed by atoms with Crippen LogP contribution >= 0.6 is 12.2 Å². The topological polar surface area (TPSA) is 71.9 Å². The number of nitrogens with one attached hydrogen (secondary N) is 2. The van der Waals surface area contributed by atoms with Gasteiger partial charge in [0.1, 0.15) is 0 Å². The Balaban J connectivity index is 2.24. The maximum Gasteiger partial charge on any atom is 0.245 e.